The average molecular weight is 393 g/mol. The molecular formula is C18H21ClN4O2S. The van der Waals surface area contributed by atoms with Crippen molar-refractivity contribution in [1.29, 1.82) is 0 Å². The van der Waals surface area contributed by atoms with Gasteiger partial charge in [0.1, 0.15) is 5.69 Å². The van der Waals surface area contributed by atoms with Crippen molar-refractivity contribution in [3.05, 3.63) is 46.7 Å². The molecule has 2 atom stereocenters. The molecular weight excluding hydrogens is 372 g/mol. The van der Waals surface area contributed by atoms with Crippen molar-refractivity contribution in [3.63, 3.8) is 0 Å². The summed E-state index contributed by atoms with van der Waals surface area (Å²) in [5.41, 5.74) is 6.34. The van der Waals surface area contributed by atoms with Crippen molar-refractivity contribution in [2.45, 2.75) is 35.8 Å². The molecule has 1 aliphatic heterocycles. The third-order valence-electron chi connectivity index (χ3n) is 4.51. The number of likely N-dealkylation sites (tertiary alicyclic amines) is 1. The summed E-state index contributed by atoms with van der Waals surface area (Å²) in [6, 6.07) is 9.22. The van der Waals surface area contributed by atoms with Crippen LogP contribution in [0.1, 0.15) is 41.9 Å². The van der Waals surface area contributed by atoms with Gasteiger partial charge in [-0.1, -0.05) is 23.7 Å². The van der Waals surface area contributed by atoms with Gasteiger partial charge in [-0.05, 0) is 38.0 Å². The summed E-state index contributed by atoms with van der Waals surface area (Å²) in [6.45, 7) is 3.24. The van der Waals surface area contributed by atoms with Crippen molar-refractivity contribution < 1.29 is 9.59 Å². The lowest BCUT2D eigenvalue weighted by atomic mass is 9.94. The molecule has 1 saturated heterocycles. The number of H-pyrrole nitrogens is 1. The molecule has 26 heavy (non-hydrogen) atoms. The first-order valence-electron chi connectivity index (χ1n) is 8.50. The molecule has 6 nitrogen and oxygen atoms in total. The molecule has 3 N–H and O–H groups in total. The minimum atomic E-state index is -0.555. The van der Waals surface area contributed by atoms with Crippen LogP contribution in [0.5, 0.6) is 0 Å². The van der Waals surface area contributed by atoms with E-state index in [0.717, 1.165) is 30.0 Å². The van der Waals surface area contributed by atoms with Gasteiger partial charge >= 0.3 is 0 Å². The van der Waals surface area contributed by atoms with Crippen LogP contribution in [0.4, 0.5) is 0 Å². The summed E-state index contributed by atoms with van der Waals surface area (Å²) in [6.07, 6.45) is 1.85. The number of nitrogens with one attached hydrogen (secondary N) is 1. The molecule has 1 fully saturated rings. The van der Waals surface area contributed by atoms with Crippen molar-refractivity contribution in [3.8, 4) is 0 Å². The minimum Gasteiger partial charge on any atom is -0.364 e. The van der Waals surface area contributed by atoms with Crippen LogP contribution in [0.25, 0.3) is 0 Å². The number of nitrogens with zero attached hydrogens (tertiary/aromatic N) is 2. The summed E-state index contributed by atoms with van der Waals surface area (Å²) in [7, 11) is 0. The third-order valence-corrected chi connectivity index (χ3v) is 6.12. The van der Waals surface area contributed by atoms with E-state index in [1.54, 1.807) is 6.07 Å². The van der Waals surface area contributed by atoms with Gasteiger partial charge in [-0.2, -0.15) is 5.10 Å². The van der Waals surface area contributed by atoms with E-state index < -0.39 is 5.91 Å². The highest BCUT2D eigenvalue weighted by Crippen LogP contribution is 2.32. The Morgan fingerprint density at radius 1 is 1.42 bits per heavy atom. The molecule has 2 amide bonds. The first-order chi connectivity index (χ1) is 12.5. The second-order valence-corrected chi connectivity index (χ2v) is 8.18. The Labute approximate surface area is 161 Å². The summed E-state index contributed by atoms with van der Waals surface area (Å²) >= 11 is 7.67. The van der Waals surface area contributed by atoms with Crippen LogP contribution in [-0.4, -0.2) is 45.3 Å². The molecule has 0 spiro atoms. The maximum atomic E-state index is 12.9. The molecule has 0 saturated carbocycles. The Kier molecular flexibility index (Phi) is 5.88. The lowest BCUT2D eigenvalue weighted by molar-refractivity contribution is -0.131. The zero-order chi connectivity index (χ0) is 18.7. The van der Waals surface area contributed by atoms with Gasteiger partial charge in [0.25, 0.3) is 5.91 Å². The fourth-order valence-electron chi connectivity index (χ4n) is 3.14. The molecule has 8 heteroatoms. The van der Waals surface area contributed by atoms with Crippen molar-refractivity contribution >= 4 is 35.2 Å². The molecule has 3 rings (SSSR count). The van der Waals surface area contributed by atoms with Crippen LogP contribution < -0.4 is 5.73 Å². The summed E-state index contributed by atoms with van der Waals surface area (Å²) < 4.78 is 0. The van der Waals surface area contributed by atoms with Crippen LogP contribution in [0, 0.1) is 0 Å². The fraction of sp³-hybridized carbons (Fsp3) is 0.389. The summed E-state index contributed by atoms with van der Waals surface area (Å²) in [5, 5.41) is 7.25. The number of carbonyl (C=O) groups excluding carboxylic acids is 2. The maximum absolute atomic E-state index is 12.9. The Morgan fingerprint density at radius 2 is 2.19 bits per heavy atom. The van der Waals surface area contributed by atoms with Crippen molar-refractivity contribution in [2.24, 2.45) is 5.73 Å². The van der Waals surface area contributed by atoms with Crippen LogP contribution in [-0.2, 0) is 4.79 Å². The Bertz CT molecular complexity index is 810. The first-order valence-corrected chi connectivity index (χ1v) is 9.76. The van der Waals surface area contributed by atoms with E-state index in [2.05, 4.69) is 10.2 Å². The van der Waals surface area contributed by atoms with Gasteiger partial charge in [-0.15, -0.1) is 11.8 Å². The van der Waals surface area contributed by atoms with E-state index in [9.17, 15) is 9.59 Å². The van der Waals surface area contributed by atoms with E-state index in [4.69, 9.17) is 17.3 Å². The van der Waals surface area contributed by atoms with Crippen LogP contribution >= 0.6 is 23.4 Å². The average Bonchev–Trinajstić information content (AvgIpc) is 3.13. The Morgan fingerprint density at radius 3 is 2.88 bits per heavy atom. The van der Waals surface area contributed by atoms with Gasteiger partial charge in [0.2, 0.25) is 5.91 Å². The monoisotopic (exact) mass is 392 g/mol. The number of rotatable bonds is 5. The SMILES string of the molecule is C[C@H](Sc1ccccc1Cl)C(=O)N1CCC[C@H](c2cc(C(N)=O)n[nH]2)C1. The molecule has 1 aromatic heterocycles. The number of piperidine rings is 1. The molecule has 1 aromatic carbocycles. The van der Waals surface area contributed by atoms with Crippen LogP contribution in [0.15, 0.2) is 35.2 Å². The fourth-order valence-corrected chi connectivity index (χ4v) is 4.38. The van der Waals surface area contributed by atoms with E-state index in [0.29, 0.717) is 11.6 Å². The predicted octanol–water partition coefficient (Wildman–Crippen LogP) is 3.05. The van der Waals surface area contributed by atoms with Gasteiger partial charge in [-0.3, -0.25) is 14.7 Å². The number of aromatic nitrogens is 2. The standard InChI is InChI=1S/C18H21ClN4O2S/c1-11(26-16-7-3-2-6-13(16)19)18(25)23-8-4-5-12(10-23)14-9-15(17(20)24)22-21-14/h2-3,6-7,9,11-12H,4-5,8,10H2,1H3,(H2,20,24)(H,21,22)/t11-,12-/m0/s1. The number of hydrogen-bond donors (Lipinski definition) is 2. The lowest BCUT2D eigenvalue weighted by Crippen LogP contribution is -2.42. The minimum absolute atomic E-state index is 0.0919. The number of halogens is 1. The number of primary amides is 1. The van der Waals surface area contributed by atoms with Gasteiger partial charge in [0, 0.05) is 29.6 Å². The predicted molar refractivity (Wildman–Crippen MR) is 102 cm³/mol. The Balaban J connectivity index is 1.65. The lowest BCUT2D eigenvalue weighted by Gasteiger charge is -2.33. The maximum Gasteiger partial charge on any atom is 0.269 e. The van der Waals surface area contributed by atoms with E-state index >= 15 is 0 Å². The number of carbonyl (C=O) groups is 2. The number of thioether (sulfide) groups is 1. The van der Waals surface area contributed by atoms with Gasteiger partial charge in [0.15, 0.2) is 0 Å². The number of benzene rings is 1. The van der Waals surface area contributed by atoms with Gasteiger partial charge < -0.3 is 10.6 Å². The Hall–Kier alpha value is -1.99. The van der Waals surface area contributed by atoms with Crippen LogP contribution in [0.2, 0.25) is 5.02 Å². The van der Waals surface area contributed by atoms with E-state index in [-0.39, 0.29) is 22.8 Å². The van der Waals surface area contributed by atoms with Crippen molar-refractivity contribution in [1.82, 2.24) is 15.1 Å². The highest BCUT2D eigenvalue weighted by molar-refractivity contribution is 8.00. The molecule has 0 aliphatic carbocycles. The number of hydrogen-bond acceptors (Lipinski definition) is 4. The molecule has 0 radical (unpaired) electrons. The second-order valence-electron chi connectivity index (χ2n) is 6.39. The third kappa shape index (κ3) is 4.22. The largest absolute Gasteiger partial charge is 0.364 e. The molecule has 1 aliphatic rings. The number of amides is 2. The normalized spacial score (nSPS) is 18.5. The number of nitrogens with two attached hydrogens (primary N) is 1. The second kappa shape index (κ2) is 8.14. The van der Waals surface area contributed by atoms with Gasteiger partial charge in [0.05, 0.1) is 10.3 Å². The summed E-state index contributed by atoms with van der Waals surface area (Å²) in [5.74, 6) is -0.332. The van der Waals surface area contributed by atoms with Gasteiger partial charge in [-0.25, -0.2) is 0 Å². The molecule has 138 valence electrons. The van der Waals surface area contributed by atoms with E-state index in [1.165, 1.54) is 11.8 Å². The highest BCUT2D eigenvalue weighted by atomic mass is 35.5. The zero-order valence-electron chi connectivity index (χ0n) is 14.4. The quantitative estimate of drug-likeness (QED) is 0.765. The molecule has 2 heterocycles. The molecule has 0 bridgehead atoms. The highest BCUT2D eigenvalue weighted by Gasteiger charge is 2.29. The van der Waals surface area contributed by atoms with Crippen molar-refractivity contribution in [2.75, 3.05) is 13.1 Å². The van der Waals surface area contributed by atoms with E-state index in [1.807, 2.05) is 36.1 Å². The summed E-state index contributed by atoms with van der Waals surface area (Å²) in [4.78, 5) is 26.9. The smallest absolute Gasteiger partial charge is 0.269 e. The number of aromatic amines is 1. The first kappa shape index (κ1) is 18.8. The molecule has 0 unspecified atom stereocenters. The topological polar surface area (TPSA) is 92.1 Å². The van der Waals surface area contributed by atoms with Crippen LogP contribution in [0.3, 0.4) is 0 Å². The molecule has 2 aromatic rings. The zero-order valence-corrected chi connectivity index (χ0v) is 16.0.